The maximum atomic E-state index is 10.5. The first-order valence-corrected chi connectivity index (χ1v) is 7.30. The van der Waals surface area contributed by atoms with Crippen molar-refractivity contribution in [1.82, 2.24) is 0 Å². The summed E-state index contributed by atoms with van der Waals surface area (Å²) in [5.74, 6) is 0.907. The lowest BCUT2D eigenvalue weighted by Crippen LogP contribution is -2.09. The predicted molar refractivity (Wildman–Crippen MR) is 80.8 cm³/mol. The van der Waals surface area contributed by atoms with E-state index in [-0.39, 0.29) is 0 Å². The van der Waals surface area contributed by atoms with Crippen LogP contribution in [0.25, 0.3) is 0 Å². The minimum absolute atomic E-state index is 0.399. The summed E-state index contributed by atoms with van der Waals surface area (Å²) in [4.78, 5) is 0. The van der Waals surface area contributed by atoms with Crippen LogP contribution in [0.1, 0.15) is 29.2 Å². The van der Waals surface area contributed by atoms with Gasteiger partial charge in [-0.2, -0.15) is 0 Å². The summed E-state index contributed by atoms with van der Waals surface area (Å²) in [5.41, 5.74) is 2.56. The highest BCUT2D eigenvalue weighted by atomic mass is 35.5. The Morgan fingerprint density at radius 2 is 2.00 bits per heavy atom. The molecule has 104 valence electrons. The van der Waals surface area contributed by atoms with Gasteiger partial charge in [0.25, 0.3) is 0 Å². The normalized spacial score (nSPS) is 15.3. The fourth-order valence-electron chi connectivity index (χ4n) is 2.46. The molecule has 2 aromatic carbocycles. The van der Waals surface area contributed by atoms with E-state index < -0.39 is 6.10 Å². The summed E-state index contributed by atoms with van der Waals surface area (Å²) in [7, 11) is 0. The summed E-state index contributed by atoms with van der Waals surface area (Å²) in [5, 5.41) is 11.4. The zero-order valence-electron chi connectivity index (χ0n) is 10.8. The lowest BCUT2D eigenvalue weighted by Gasteiger charge is -2.20. The molecule has 1 atom stereocenters. The maximum absolute atomic E-state index is 10.5. The molecule has 20 heavy (non-hydrogen) atoms. The second-order valence-corrected chi connectivity index (χ2v) is 5.65. The summed E-state index contributed by atoms with van der Waals surface area (Å²) in [6, 6.07) is 11.0. The Kier molecular flexibility index (Phi) is 3.88. The van der Waals surface area contributed by atoms with Crippen LogP contribution >= 0.6 is 23.2 Å². The highest BCUT2D eigenvalue weighted by Gasteiger charge is 2.18. The Labute approximate surface area is 127 Å². The van der Waals surface area contributed by atoms with Crippen LogP contribution in [0.3, 0.4) is 0 Å². The van der Waals surface area contributed by atoms with Gasteiger partial charge in [0.2, 0.25) is 0 Å². The number of benzene rings is 2. The van der Waals surface area contributed by atoms with Crippen molar-refractivity contribution in [3.63, 3.8) is 0 Å². The molecule has 1 aliphatic heterocycles. The van der Waals surface area contributed by atoms with E-state index >= 15 is 0 Å². The molecule has 1 heterocycles. The van der Waals surface area contributed by atoms with E-state index in [0.29, 0.717) is 15.6 Å². The molecule has 3 rings (SSSR count). The van der Waals surface area contributed by atoms with Gasteiger partial charge in [-0.25, -0.2) is 0 Å². The molecule has 1 N–H and O–H groups in total. The highest BCUT2D eigenvalue weighted by Crippen LogP contribution is 2.35. The fraction of sp³-hybridized carbons (Fsp3) is 0.250. The van der Waals surface area contributed by atoms with Gasteiger partial charge in [0.15, 0.2) is 0 Å². The summed E-state index contributed by atoms with van der Waals surface area (Å²) in [6.45, 7) is 0.759. The number of rotatable bonds is 2. The fourth-order valence-corrected chi connectivity index (χ4v) is 2.87. The van der Waals surface area contributed by atoms with Gasteiger partial charge < -0.3 is 9.84 Å². The quantitative estimate of drug-likeness (QED) is 0.891. The molecular weight excluding hydrogens is 295 g/mol. The molecule has 4 heteroatoms. The van der Waals surface area contributed by atoms with Crippen LogP contribution in [-0.4, -0.2) is 11.7 Å². The Balaban J connectivity index is 1.98. The van der Waals surface area contributed by atoms with E-state index in [1.807, 2.05) is 18.2 Å². The second-order valence-electron chi connectivity index (χ2n) is 4.86. The van der Waals surface area contributed by atoms with Crippen LogP contribution in [0, 0.1) is 0 Å². The zero-order chi connectivity index (χ0) is 14.1. The Hall–Kier alpha value is -1.22. The van der Waals surface area contributed by atoms with Crippen molar-refractivity contribution >= 4 is 23.2 Å². The second kappa shape index (κ2) is 5.65. The molecule has 1 unspecified atom stereocenters. The van der Waals surface area contributed by atoms with Crippen molar-refractivity contribution in [2.75, 3.05) is 6.61 Å². The van der Waals surface area contributed by atoms with Crippen molar-refractivity contribution in [2.24, 2.45) is 0 Å². The Bertz CT molecular complexity index is 640. The van der Waals surface area contributed by atoms with E-state index in [1.54, 1.807) is 18.2 Å². The summed E-state index contributed by atoms with van der Waals surface area (Å²) in [6.07, 6.45) is 1.19. The molecule has 0 radical (unpaired) electrons. The van der Waals surface area contributed by atoms with Gasteiger partial charge in [-0.15, -0.1) is 0 Å². The van der Waals surface area contributed by atoms with Crippen LogP contribution in [0.2, 0.25) is 10.0 Å². The third-order valence-electron chi connectivity index (χ3n) is 3.52. The molecule has 0 aromatic heterocycles. The molecule has 0 bridgehead atoms. The summed E-state index contributed by atoms with van der Waals surface area (Å²) < 4.78 is 5.58. The number of hydrogen-bond donors (Lipinski definition) is 1. The molecule has 0 saturated carbocycles. The molecule has 0 saturated heterocycles. The van der Waals surface area contributed by atoms with Crippen LogP contribution in [0.15, 0.2) is 36.4 Å². The number of aliphatic hydroxyl groups is 1. The lowest BCUT2D eigenvalue weighted by molar-refractivity contribution is 0.219. The number of aliphatic hydroxyl groups excluding tert-OH is 1. The van der Waals surface area contributed by atoms with Crippen LogP contribution < -0.4 is 4.74 Å². The third kappa shape index (κ3) is 2.51. The third-order valence-corrected chi connectivity index (χ3v) is 4.36. The SMILES string of the molecule is OC(c1ccc2c(c1)CCCO2)c1cccc(Cl)c1Cl. The molecule has 1 aliphatic rings. The van der Waals surface area contributed by atoms with Gasteiger partial charge in [-0.1, -0.05) is 41.4 Å². The van der Waals surface area contributed by atoms with Crippen molar-refractivity contribution in [1.29, 1.82) is 0 Å². The van der Waals surface area contributed by atoms with Gasteiger partial charge in [0, 0.05) is 5.56 Å². The van der Waals surface area contributed by atoms with E-state index in [4.69, 9.17) is 27.9 Å². The number of halogens is 2. The smallest absolute Gasteiger partial charge is 0.122 e. The van der Waals surface area contributed by atoms with Gasteiger partial charge in [0.05, 0.1) is 16.7 Å². The zero-order valence-corrected chi connectivity index (χ0v) is 12.3. The molecule has 0 fully saturated rings. The Morgan fingerprint density at radius 1 is 1.15 bits per heavy atom. The van der Waals surface area contributed by atoms with Crippen LogP contribution in [0.5, 0.6) is 5.75 Å². The number of hydrogen-bond acceptors (Lipinski definition) is 2. The standard InChI is InChI=1S/C16H14Cl2O2/c17-13-5-1-4-12(15(13)18)16(19)11-6-7-14-10(9-11)3-2-8-20-14/h1,4-7,9,16,19H,2-3,8H2. The van der Waals surface area contributed by atoms with Crippen molar-refractivity contribution in [3.05, 3.63) is 63.1 Å². The van der Waals surface area contributed by atoms with Gasteiger partial charge in [-0.05, 0) is 42.2 Å². The van der Waals surface area contributed by atoms with E-state index in [1.165, 1.54) is 0 Å². The first kappa shape index (κ1) is 13.7. The molecule has 0 aliphatic carbocycles. The van der Waals surface area contributed by atoms with Crippen LogP contribution in [-0.2, 0) is 6.42 Å². The number of ether oxygens (including phenoxy) is 1. The molecule has 2 nitrogen and oxygen atoms in total. The monoisotopic (exact) mass is 308 g/mol. The average molecular weight is 309 g/mol. The predicted octanol–water partition coefficient (Wildman–Crippen LogP) is 4.40. The number of fused-ring (bicyclic) bond motifs is 1. The van der Waals surface area contributed by atoms with Gasteiger partial charge in [0.1, 0.15) is 11.9 Å². The minimum atomic E-state index is -0.784. The topological polar surface area (TPSA) is 29.5 Å². The van der Waals surface area contributed by atoms with Gasteiger partial charge >= 0.3 is 0 Å². The van der Waals surface area contributed by atoms with Crippen molar-refractivity contribution in [2.45, 2.75) is 18.9 Å². The van der Waals surface area contributed by atoms with Crippen molar-refractivity contribution in [3.8, 4) is 5.75 Å². The summed E-state index contributed by atoms with van der Waals surface area (Å²) >= 11 is 12.2. The minimum Gasteiger partial charge on any atom is -0.493 e. The van der Waals surface area contributed by atoms with E-state index in [2.05, 4.69) is 0 Å². The molecular formula is C16H14Cl2O2. The van der Waals surface area contributed by atoms with E-state index in [9.17, 15) is 5.11 Å². The van der Waals surface area contributed by atoms with Crippen LogP contribution in [0.4, 0.5) is 0 Å². The number of aryl methyl sites for hydroxylation is 1. The van der Waals surface area contributed by atoms with E-state index in [0.717, 1.165) is 36.3 Å². The average Bonchev–Trinajstić information content (AvgIpc) is 2.49. The van der Waals surface area contributed by atoms with Gasteiger partial charge in [-0.3, -0.25) is 0 Å². The molecule has 0 amide bonds. The largest absolute Gasteiger partial charge is 0.493 e. The lowest BCUT2D eigenvalue weighted by atomic mass is 9.97. The molecule has 0 spiro atoms. The maximum Gasteiger partial charge on any atom is 0.122 e. The Morgan fingerprint density at radius 3 is 2.85 bits per heavy atom. The first-order valence-electron chi connectivity index (χ1n) is 6.54. The molecule has 2 aromatic rings. The van der Waals surface area contributed by atoms with Crippen molar-refractivity contribution < 1.29 is 9.84 Å². The first-order chi connectivity index (χ1) is 9.66. The highest BCUT2D eigenvalue weighted by molar-refractivity contribution is 6.42.